The lowest BCUT2D eigenvalue weighted by Crippen LogP contribution is -1.79. The number of rotatable bonds is 3. The second-order valence-corrected chi connectivity index (χ2v) is 4.21. The highest BCUT2D eigenvalue weighted by Gasteiger charge is 2.04. The number of pyridine rings is 1. The molecule has 0 bridgehead atoms. The van der Waals surface area contributed by atoms with E-state index in [0.29, 0.717) is 6.42 Å². The second kappa shape index (κ2) is 4.36. The van der Waals surface area contributed by atoms with Gasteiger partial charge in [0, 0.05) is 28.4 Å². The van der Waals surface area contributed by atoms with E-state index >= 15 is 0 Å². The minimum Gasteiger partial charge on any atom is -0.256 e. The first-order valence-corrected chi connectivity index (χ1v) is 5.46. The van der Waals surface area contributed by atoms with Gasteiger partial charge in [0.1, 0.15) is 0 Å². The lowest BCUT2D eigenvalue weighted by molar-refractivity contribution is 0.619. The molecule has 0 aliphatic heterocycles. The summed E-state index contributed by atoms with van der Waals surface area (Å²) in [5.41, 5.74) is 1.96. The summed E-state index contributed by atoms with van der Waals surface area (Å²) in [5.74, 6) is -0.301. The maximum Gasteiger partial charge on any atom is 0.0980 e. The third-order valence-corrected chi connectivity index (χ3v) is 2.92. The Morgan fingerprint density at radius 2 is 2.33 bits per heavy atom. The van der Waals surface area contributed by atoms with Crippen molar-refractivity contribution < 1.29 is 4.39 Å². The van der Waals surface area contributed by atoms with Gasteiger partial charge in [0.05, 0.1) is 11.5 Å². The maximum absolute atomic E-state index is 12.6. The van der Waals surface area contributed by atoms with Crippen LogP contribution in [0.1, 0.15) is 4.88 Å². The predicted molar refractivity (Wildman–Crippen MR) is 61.5 cm³/mol. The van der Waals surface area contributed by atoms with Crippen molar-refractivity contribution in [2.75, 3.05) is 0 Å². The van der Waals surface area contributed by atoms with E-state index < -0.39 is 0 Å². The Hall–Kier alpha value is -1.48. The smallest absolute Gasteiger partial charge is 0.0980 e. The van der Waals surface area contributed by atoms with E-state index in [1.54, 1.807) is 6.20 Å². The summed E-state index contributed by atoms with van der Waals surface area (Å²) in [6.07, 6.45) is 2.05. The number of thiophene rings is 1. The van der Waals surface area contributed by atoms with Crippen LogP contribution in [0.2, 0.25) is 0 Å². The standard InChI is InChI=1S/C12H10FNS/c1-9(13)6-11-7-10(8-15-11)12-4-2-3-5-14-12/h2-5,7-8H,1,6H2. The molecule has 0 spiro atoms. The first-order chi connectivity index (χ1) is 7.25. The van der Waals surface area contributed by atoms with Crippen LogP contribution in [0.15, 0.2) is 48.2 Å². The van der Waals surface area contributed by atoms with Gasteiger partial charge in [-0.25, -0.2) is 4.39 Å². The SMILES string of the molecule is C=C(F)Cc1cc(-c2ccccn2)cs1. The first kappa shape index (κ1) is 10.1. The number of hydrogen-bond acceptors (Lipinski definition) is 2. The molecule has 2 heterocycles. The van der Waals surface area contributed by atoms with E-state index in [-0.39, 0.29) is 5.83 Å². The number of aromatic nitrogens is 1. The van der Waals surface area contributed by atoms with Gasteiger partial charge in [0.2, 0.25) is 0 Å². The molecule has 76 valence electrons. The van der Waals surface area contributed by atoms with Crippen molar-refractivity contribution in [2.24, 2.45) is 0 Å². The molecular weight excluding hydrogens is 209 g/mol. The molecule has 0 saturated carbocycles. The van der Waals surface area contributed by atoms with E-state index in [9.17, 15) is 4.39 Å². The molecule has 3 heteroatoms. The van der Waals surface area contributed by atoms with Crippen LogP contribution in [-0.4, -0.2) is 4.98 Å². The molecule has 2 rings (SSSR count). The Bertz CT molecular complexity index is 461. The van der Waals surface area contributed by atoms with Gasteiger partial charge in [-0.05, 0) is 18.2 Å². The van der Waals surface area contributed by atoms with E-state index in [1.807, 2.05) is 29.6 Å². The van der Waals surface area contributed by atoms with Crippen LogP contribution in [-0.2, 0) is 6.42 Å². The van der Waals surface area contributed by atoms with Crippen molar-refractivity contribution in [1.29, 1.82) is 0 Å². The van der Waals surface area contributed by atoms with Crippen LogP contribution in [0, 0.1) is 0 Å². The van der Waals surface area contributed by atoms with Crippen molar-refractivity contribution in [3.05, 3.63) is 53.1 Å². The van der Waals surface area contributed by atoms with Crippen molar-refractivity contribution >= 4 is 11.3 Å². The fraction of sp³-hybridized carbons (Fsp3) is 0.0833. The third-order valence-electron chi connectivity index (χ3n) is 1.98. The zero-order chi connectivity index (χ0) is 10.7. The van der Waals surface area contributed by atoms with Crippen LogP contribution >= 0.6 is 11.3 Å². The highest BCUT2D eigenvalue weighted by Crippen LogP contribution is 2.25. The zero-order valence-corrected chi connectivity index (χ0v) is 8.93. The average Bonchev–Trinajstić information content (AvgIpc) is 2.67. The molecule has 2 aromatic heterocycles. The fourth-order valence-electron chi connectivity index (χ4n) is 1.33. The molecule has 0 aromatic carbocycles. The molecule has 0 fully saturated rings. The van der Waals surface area contributed by atoms with Crippen molar-refractivity contribution in [3.8, 4) is 11.3 Å². The molecule has 0 saturated heterocycles. The van der Waals surface area contributed by atoms with Crippen LogP contribution in [0.25, 0.3) is 11.3 Å². The summed E-state index contributed by atoms with van der Waals surface area (Å²) in [7, 11) is 0. The molecular formula is C12H10FNS. The Labute approximate surface area is 91.9 Å². The van der Waals surface area contributed by atoms with Gasteiger partial charge in [0.15, 0.2) is 0 Å². The van der Waals surface area contributed by atoms with Crippen molar-refractivity contribution in [3.63, 3.8) is 0 Å². The van der Waals surface area contributed by atoms with Gasteiger partial charge >= 0.3 is 0 Å². The predicted octanol–water partition coefficient (Wildman–Crippen LogP) is 3.84. The normalized spacial score (nSPS) is 10.2. The van der Waals surface area contributed by atoms with Crippen LogP contribution in [0.3, 0.4) is 0 Å². The molecule has 0 radical (unpaired) electrons. The minimum absolute atomic E-state index is 0.301. The number of hydrogen-bond donors (Lipinski definition) is 0. The first-order valence-electron chi connectivity index (χ1n) is 4.58. The van der Waals surface area contributed by atoms with Crippen molar-refractivity contribution in [1.82, 2.24) is 4.98 Å². The molecule has 0 atom stereocenters. The molecule has 0 N–H and O–H groups in total. The largest absolute Gasteiger partial charge is 0.256 e. The van der Waals surface area contributed by atoms with E-state index in [0.717, 1.165) is 16.1 Å². The van der Waals surface area contributed by atoms with E-state index in [4.69, 9.17) is 0 Å². The number of nitrogens with zero attached hydrogens (tertiary/aromatic N) is 1. The Morgan fingerprint density at radius 3 is 3.00 bits per heavy atom. The van der Waals surface area contributed by atoms with Crippen molar-refractivity contribution in [2.45, 2.75) is 6.42 Å². The zero-order valence-electron chi connectivity index (χ0n) is 8.11. The summed E-state index contributed by atoms with van der Waals surface area (Å²) in [6.45, 7) is 3.26. The monoisotopic (exact) mass is 219 g/mol. The molecule has 0 aliphatic rings. The summed E-state index contributed by atoms with van der Waals surface area (Å²) >= 11 is 1.53. The summed E-state index contributed by atoms with van der Waals surface area (Å²) < 4.78 is 12.6. The second-order valence-electron chi connectivity index (χ2n) is 3.21. The fourth-order valence-corrected chi connectivity index (χ4v) is 2.23. The number of allylic oxidation sites excluding steroid dienone is 1. The van der Waals surface area contributed by atoms with Gasteiger partial charge in [-0.3, -0.25) is 4.98 Å². The van der Waals surface area contributed by atoms with Crippen LogP contribution in [0.5, 0.6) is 0 Å². The summed E-state index contributed by atoms with van der Waals surface area (Å²) in [5, 5.41) is 1.99. The lowest BCUT2D eigenvalue weighted by atomic mass is 10.2. The molecule has 0 amide bonds. The highest BCUT2D eigenvalue weighted by molar-refractivity contribution is 7.10. The lowest BCUT2D eigenvalue weighted by Gasteiger charge is -1.94. The van der Waals surface area contributed by atoms with Gasteiger partial charge in [-0.15, -0.1) is 11.3 Å². The highest BCUT2D eigenvalue weighted by atomic mass is 32.1. The van der Waals surface area contributed by atoms with E-state index in [2.05, 4.69) is 11.6 Å². The van der Waals surface area contributed by atoms with Crippen LogP contribution < -0.4 is 0 Å². The van der Waals surface area contributed by atoms with Crippen LogP contribution in [0.4, 0.5) is 4.39 Å². The quantitative estimate of drug-likeness (QED) is 0.764. The Morgan fingerprint density at radius 1 is 1.47 bits per heavy atom. The van der Waals surface area contributed by atoms with Gasteiger partial charge in [0.25, 0.3) is 0 Å². The molecule has 0 unspecified atom stereocenters. The molecule has 15 heavy (non-hydrogen) atoms. The Kier molecular flexibility index (Phi) is 2.92. The Balaban J connectivity index is 2.24. The summed E-state index contributed by atoms with van der Waals surface area (Å²) in [4.78, 5) is 5.21. The third kappa shape index (κ3) is 2.50. The average molecular weight is 219 g/mol. The summed E-state index contributed by atoms with van der Waals surface area (Å²) in [6, 6.07) is 7.71. The van der Waals surface area contributed by atoms with E-state index in [1.165, 1.54) is 11.3 Å². The van der Waals surface area contributed by atoms with Gasteiger partial charge < -0.3 is 0 Å². The number of halogens is 1. The van der Waals surface area contributed by atoms with Gasteiger partial charge in [-0.1, -0.05) is 12.6 Å². The molecule has 1 nitrogen and oxygen atoms in total. The maximum atomic E-state index is 12.6. The minimum atomic E-state index is -0.301. The molecule has 0 aliphatic carbocycles. The topological polar surface area (TPSA) is 12.9 Å². The molecule has 2 aromatic rings. The van der Waals surface area contributed by atoms with Gasteiger partial charge in [-0.2, -0.15) is 0 Å².